The lowest BCUT2D eigenvalue weighted by atomic mass is 10.1. The Bertz CT molecular complexity index is 1470. The van der Waals surface area contributed by atoms with E-state index in [9.17, 15) is 13.5 Å². The molecule has 1 heterocycles. The van der Waals surface area contributed by atoms with E-state index in [-0.39, 0.29) is 30.7 Å². The Labute approximate surface area is 221 Å². The van der Waals surface area contributed by atoms with Crippen molar-refractivity contribution >= 4 is 10.1 Å². The molecule has 0 fully saturated rings. The number of ether oxygens (including phenoxy) is 3. The van der Waals surface area contributed by atoms with Crippen molar-refractivity contribution in [2.24, 2.45) is 5.90 Å². The van der Waals surface area contributed by atoms with Gasteiger partial charge in [-0.05, 0) is 56.3 Å². The van der Waals surface area contributed by atoms with Crippen molar-refractivity contribution in [1.82, 2.24) is 9.78 Å². The number of benzene rings is 3. The largest absolute Gasteiger partial charge is 0.507 e. The van der Waals surface area contributed by atoms with E-state index in [4.69, 9.17) is 25.2 Å². The molecule has 1 aromatic heterocycles. The minimum absolute atomic E-state index is 0.0568. The number of phenols is 1. The molecule has 200 valence electrons. The molecule has 0 saturated carbocycles. The van der Waals surface area contributed by atoms with Crippen molar-refractivity contribution in [3.63, 3.8) is 0 Å². The number of phenolic OH excluding ortho intramolecular Hbond substituents is 1. The Balaban J connectivity index is 1.59. The summed E-state index contributed by atoms with van der Waals surface area (Å²) >= 11 is 0. The molecule has 10 nitrogen and oxygen atoms in total. The van der Waals surface area contributed by atoms with Crippen LogP contribution in [0.5, 0.6) is 11.5 Å². The van der Waals surface area contributed by atoms with E-state index in [1.54, 1.807) is 35.0 Å². The molecule has 0 unspecified atom stereocenters. The van der Waals surface area contributed by atoms with Gasteiger partial charge in [-0.2, -0.15) is 23.7 Å². The second-order valence-corrected chi connectivity index (χ2v) is 9.92. The molecule has 0 aliphatic carbocycles. The summed E-state index contributed by atoms with van der Waals surface area (Å²) in [5.74, 6) is 5.42. The normalized spacial score (nSPS) is 11.6. The van der Waals surface area contributed by atoms with Gasteiger partial charge in [0.15, 0.2) is 6.79 Å². The average molecular weight is 540 g/mol. The maximum absolute atomic E-state index is 11.9. The lowest BCUT2D eigenvalue weighted by Crippen LogP contribution is -2.11. The first-order valence-electron chi connectivity index (χ1n) is 11.8. The van der Waals surface area contributed by atoms with Crippen LogP contribution in [0.1, 0.15) is 23.7 Å². The minimum Gasteiger partial charge on any atom is -0.507 e. The molecule has 11 heteroatoms. The summed E-state index contributed by atoms with van der Waals surface area (Å²) in [5.41, 5.74) is 4.60. The molecule has 3 N–H and O–H groups in total. The summed E-state index contributed by atoms with van der Waals surface area (Å²) in [6.07, 6.45) is 0. The summed E-state index contributed by atoms with van der Waals surface area (Å²) < 4.78 is 46.4. The number of hydrogen-bond acceptors (Lipinski definition) is 9. The van der Waals surface area contributed by atoms with Crippen LogP contribution in [-0.4, -0.2) is 36.7 Å². The fourth-order valence-electron chi connectivity index (χ4n) is 3.72. The fourth-order valence-corrected chi connectivity index (χ4v) is 4.30. The quantitative estimate of drug-likeness (QED) is 0.154. The highest BCUT2D eigenvalue weighted by atomic mass is 32.2. The molecule has 0 aliphatic rings. The third-order valence-corrected chi connectivity index (χ3v) is 6.81. The molecule has 0 atom stereocenters. The van der Waals surface area contributed by atoms with E-state index >= 15 is 0 Å². The first-order chi connectivity index (χ1) is 18.3. The van der Waals surface area contributed by atoms with E-state index in [0.717, 1.165) is 16.8 Å². The van der Waals surface area contributed by atoms with Crippen molar-refractivity contribution in [3.05, 3.63) is 89.6 Å². The third kappa shape index (κ3) is 6.39. The van der Waals surface area contributed by atoms with Gasteiger partial charge in [0.05, 0.1) is 40.7 Å². The van der Waals surface area contributed by atoms with E-state index in [2.05, 4.69) is 4.28 Å². The van der Waals surface area contributed by atoms with Crippen molar-refractivity contribution in [2.75, 3.05) is 13.4 Å². The van der Waals surface area contributed by atoms with Gasteiger partial charge in [-0.25, -0.2) is 4.68 Å². The number of rotatable bonds is 12. The first kappa shape index (κ1) is 27.3. The van der Waals surface area contributed by atoms with Gasteiger partial charge in [0.25, 0.3) is 0 Å². The third-order valence-electron chi connectivity index (χ3n) is 5.71. The number of aryl methyl sites for hydroxylation is 1. The van der Waals surface area contributed by atoms with E-state index in [0.29, 0.717) is 29.3 Å². The molecule has 0 saturated heterocycles. The Morgan fingerprint density at radius 1 is 0.974 bits per heavy atom. The number of nitrogens with two attached hydrogens (primary N) is 1. The van der Waals surface area contributed by atoms with Gasteiger partial charge >= 0.3 is 10.1 Å². The van der Waals surface area contributed by atoms with Crippen LogP contribution in [0.25, 0.3) is 16.9 Å². The van der Waals surface area contributed by atoms with E-state index in [1.165, 1.54) is 12.1 Å². The molecular formula is C27H29N3O7S. The van der Waals surface area contributed by atoms with Gasteiger partial charge in [-0.1, -0.05) is 35.9 Å². The zero-order valence-electron chi connectivity index (χ0n) is 21.0. The van der Waals surface area contributed by atoms with Crippen molar-refractivity contribution in [1.29, 1.82) is 0 Å². The minimum atomic E-state index is -4.02. The topological polar surface area (TPSA) is 135 Å². The summed E-state index contributed by atoms with van der Waals surface area (Å²) in [4.78, 5) is -0.0682. The van der Waals surface area contributed by atoms with E-state index in [1.807, 2.05) is 44.2 Å². The van der Waals surface area contributed by atoms with Crippen molar-refractivity contribution in [2.45, 2.75) is 32.0 Å². The smallest absolute Gasteiger partial charge is 0.312 e. The van der Waals surface area contributed by atoms with E-state index < -0.39 is 10.1 Å². The van der Waals surface area contributed by atoms with Gasteiger partial charge in [-0.3, -0.25) is 0 Å². The maximum Gasteiger partial charge on any atom is 0.312 e. The number of hydrogen-bond donors (Lipinski definition) is 2. The van der Waals surface area contributed by atoms with Crippen LogP contribution < -0.4 is 10.6 Å². The Kier molecular flexibility index (Phi) is 8.77. The zero-order chi connectivity index (χ0) is 27.1. The average Bonchev–Trinajstić information content (AvgIpc) is 3.35. The van der Waals surface area contributed by atoms with Crippen molar-refractivity contribution in [3.8, 4) is 28.4 Å². The summed E-state index contributed by atoms with van der Waals surface area (Å²) in [6, 6.07) is 20.9. The van der Waals surface area contributed by atoms with Gasteiger partial charge in [-0.15, -0.1) is 0 Å². The monoisotopic (exact) mass is 539 g/mol. The van der Waals surface area contributed by atoms with Crippen LogP contribution in [0.15, 0.2) is 77.7 Å². The summed E-state index contributed by atoms with van der Waals surface area (Å²) in [7, 11) is -4.02. The Hall–Kier alpha value is -3.74. The molecule has 38 heavy (non-hydrogen) atoms. The van der Waals surface area contributed by atoms with Crippen LogP contribution in [0, 0.1) is 6.92 Å². The highest BCUT2D eigenvalue weighted by molar-refractivity contribution is 7.86. The Morgan fingerprint density at radius 2 is 1.71 bits per heavy atom. The van der Waals surface area contributed by atoms with Crippen molar-refractivity contribution < 1.29 is 32.0 Å². The molecule has 0 spiro atoms. The number of nitrogens with zero attached hydrogens (tertiary/aromatic N) is 2. The summed E-state index contributed by atoms with van der Waals surface area (Å²) in [5, 5.41) is 15.0. The predicted molar refractivity (Wildman–Crippen MR) is 140 cm³/mol. The molecular weight excluding hydrogens is 510 g/mol. The van der Waals surface area contributed by atoms with Gasteiger partial charge in [0.1, 0.15) is 11.5 Å². The number of aromatic nitrogens is 2. The zero-order valence-corrected chi connectivity index (χ0v) is 21.8. The fraction of sp³-hybridized carbons (Fsp3) is 0.222. The van der Waals surface area contributed by atoms with Crippen LogP contribution >= 0.6 is 0 Å². The Morgan fingerprint density at radius 3 is 2.39 bits per heavy atom. The molecule has 0 aliphatic heterocycles. The molecule has 4 aromatic rings. The van der Waals surface area contributed by atoms with Crippen LogP contribution in [-0.2, 0) is 37.1 Å². The molecule has 0 bridgehead atoms. The summed E-state index contributed by atoms with van der Waals surface area (Å²) in [6.45, 7) is 4.69. The lowest BCUT2D eigenvalue weighted by molar-refractivity contribution is 0.0196. The SMILES string of the molecule is CCOCOc1cccc(O)c1COCc1cc(-c2ccc(C)cc2)n(-c2ccc(S(=O)(=O)ON)cc2)n1. The maximum atomic E-state index is 11.9. The van der Waals surface area contributed by atoms with Gasteiger partial charge in [0, 0.05) is 12.2 Å². The van der Waals surface area contributed by atoms with Crippen LogP contribution in [0.2, 0.25) is 0 Å². The van der Waals surface area contributed by atoms with Gasteiger partial charge < -0.3 is 19.3 Å². The molecule has 3 aromatic carbocycles. The molecule has 0 radical (unpaired) electrons. The number of aromatic hydroxyl groups is 1. The second-order valence-electron chi connectivity index (χ2n) is 8.34. The lowest BCUT2D eigenvalue weighted by Gasteiger charge is -2.12. The van der Waals surface area contributed by atoms with Crippen LogP contribution in [0.3, 0.4) is 0 Å². The first-order valence-corrected chi connectivity index (χ1v) is 13.2. The highest BCUT2D eigenvalue weighted by Gasteiger charge is 2.17. The van der Waals surface area contributed by atoms with Crippen LogP contribution in [0.4, 0.5) is 0 Å². The second kappa shape index (κ2) is 12.2. The predicted octanol–water partition coefficient (Wildman–Crippen LogP) is 4.22. The van der Waals surface area contributed by atoms with Gasteiger partial charge in [0.2, 0.25) is 0 Å². The molecule has 0 amide bonds. The molecule has 4 rings (SSSR count). The standard InChI is InChI=1S/C27H29N3O7S/c1-3-34-18-36-27-6-4-5-26(31)24(27)17-35-16-21-15-25(20-9-7-19(2)8-10-20)30(29-21)22-11-13-23(14-12-22)38(32,33)37-28/h4-15,31H,3,16-18,28H2,1-2H3. The highest BCUT2D eigenvalue weighted by Crippen LogP contribution is 2.30.